The maximum Gasteiger partial charge on any atom is 0.252 e. The number of benzene rings is 2. The minimum atomic E-state index is -0.490. The summed E-state index contributed by atoms with van der Waals surface area (Å²) in [6.45, 7) is 6.10. The van der Waals surface area contributed by atoms with Gasteiger partial charge in [0.15, 0.2) is 0 Å². The van der Waals surface area contributed by atoms with E-state index < -0.39 is 5.91 Å². The number of carbonyl (C=O) groups is 1. The summed E-state index contributed by atoms with van der Waals surface area (Å²) < 4.78 is 11.7. The monoisotopic (exact) mass is 354 g/mol. The smallest absolute Gasteiger partial charge is 0.252 e. The number of carbonyl (C=O) groups excluding carboxylic acids is 1. The molecule has 1 unspecified atom stereocenters. The van der Waals surface area contributed by atoms with Crippen LogP contribution in [0.5, 0.6) is 5.75 Å². The highest BCUT2D eigenvalue weighted by Gasteiger charge is 2.23. The van der Waals surface area contributed by atoms with Gasteiger partial charge in [0, 0.05) is 13.1 Å². The minimum absolute atomic E-state index is 0.0448. The summed E-state index contributed by atoms with van der Waals surface area (Å²) in [5.74, 6) is 0.0162. The maximum absolute atomic E-state index is 11.9. The molecule has 0 aliphatic carbocycles. The van der Waals surface area contributed by atoms with E-state index in [0.717, 1.165) is 37.2 Å². The molecule has 1 atom stereocenters. The normalized spacial score (nSPS) is 17.8. The molecule has 26 heavy (non-hydrogen) atoms. The van der Waals surface area contributed by atoms with E-state index in [2.05, 4.69) is 11.8 Å². The van der Waals surface area contributed by atoms with Gasteiger partial charge in [0.1, 0.15) is 12.4 Å². The summed E-state index contributed by atoms with van der Waals surface area (Å²) in [5, 5.41) is 0. The Morgan fingerprint density at radius 1 is 1.27 bits per heavy atom. The highest BCUT2D eigenvalue weighted by Crippen LogP contribution is 2.28. The van der Waals surface area contributed by atoms with Crippen molar-refractivity contribution in [1.82, 2.24) is 4.90 Å². The van der Waals surface area contributed by atoms with Crippen LogP contribution in [0, 0.1) is 0 Å². The third-order valence-corrected chi connectivity index (χ3v) is 4.57. The van der Waals surface area contributed by atoms with Gasteiger partial charge in [-0.15, -0.1) is 0 Å². The van der Waals surface area contributed by atoms with E-state index in [1.54, 1.807) is 0 Å². The topological polar surface area (TPSA) is 64.8 Å². The second kappa shape index (κ2) is 8.83. The summed E-state index contributed by atoms with van der Waals surface area (Å²) >= 11 is 0. The van der Waals surface area contributed by atoms with Gasteiger partial charge in [-0.2, -0.15) is 0 Å². The molecule has 1 saturated heterocycles. The number of hydrogen-bond acceptors (Lipinski definition) is 4. The number of amides is 1. The summed E-state index contributed by atoms with van der Waals surface area (Å²) in [6.07, 6.45) is 1.07. The third-order valence-electron chi connectivity index (χ3n) is 4.57. The standard InChI is InChI=1S/C21H26N2O3/c1-2-10-23-11-12-25-20(14-23)17-8-9-19(18(13-17)21(22)24)26-15-16-6-4-3-5-7-16/h3-9,13,20H,2,10-12,14-15H2,1H3,(H2,22,24). The molecule has 1 heterocycles. The highest BCUT2D eigenvalue weighted by molar-refractivity contribution is 5.95. The molecule has 0 saturated carbocycles. The minimum Gasteiger partial charge on any atom is -0.488 e. The molecule has 0 spiro atoms. The summed E-state index contributed by atoms with van der Waals surface area (Å²) in [5.41, 5.74) is 7.99. The first-order chi connectivity index (χ1) is 12.7. The lowest BCUT2D eigenvalue weighted by molar-refractivity contribution is -0.0298. The first-order valence-electron chi connectivity index (χ1n) is 9.11. The van der Waals surface area contributed by atoms with Crippen LogP contribution in [-0.4, -0.2) is 37.0 Å². The second-order valence-corrected chi connectivity index (χ2v) is 6.55. The lowest BCUT2D eigenvalue weighted by atomic mass is 10.0. The average Bonchev–Trinajstić information content (AvgIpc) is 2.67. The van der Waals surface area contributed by atoms with Crippen molar-refractivity contribution in [3.63, 3.8) is 0 Å². The molecule has 1 aliphatic rings. The average molecular weight is 354 g/mol. The molecule has 2 aromatic carbocycles. The fourth-order valence-electron chi connectivity index (χ4n) is 3.23. The Hall–Kier alpha value is -2.37. The van der Waals surface area contributed by atoms with Crippen molar-refractivity contribution in [3.8, 4) is 5.75 Å². The van der Waals surface area contributed by atoms with Crippen LogP contribution in [0.25, 0.3) is 0 Å². The van der Waals surface area contributed by atoms with Crippen molar-refractivity contribution >= 4 is 5.91 Å². The number of rotatable bonds is 7. The zero-order valence-corrected chi connectivity index (χ0v) is 15.2. The van der Waals surface area contributed by atoms with E-state index in [9.17, 15) is 4.79 Å². The summed E-state index contributed by atoms with van der Waals surface area (Å²) in [6, 6.07) is 15.4. The van der Waals surface area contributed by atoms with Crippen LogP contribution in [0.2, 0.25) is 0 Å². The number of nitrogens with two attached hydrogens (primary N) is 1. The fourth-order valence-corrected chi connectivity index (χ4v) is 3.23. The number of nitrogens with zero attached hydrogens (tertiary/aromatic N) is 1. The van der Waals surface area contributed by atoms with Gasteiger partial charge >= 0.3 is 0 Å². The SMILES string of the molecule is CCCN1CCOC(c2ccc(OCc3ccccc3)c(C(N)=O)c2)C1. The lowest BCUT2D eigenvalue weighted by Gasteiger charge is -2.33. The molecule has 0 radical (unpaired) electrons. The van der Waals surface area contributed by atoms with Crippen molar-refractivity contribution in [2.24, 2.45) is 5.73 Å². The van der Waals surface area contributed by atoms with Gasteiger partial charge < -0.3 is 15.2 Å². The van der Waals surface area contributed by atoms with Crippen LogP contribution in [-0.2, 0) is 11.3 Å². The Kier molecular flexibility index (Phi) is 6.26. The van der Waals surface area contributed by atoms with Gasteiger partial charge in [0.25, 0.3) is 5.91 Å². The number of ether oxygens (including phenoxy) is 2. The van der Waals surface area contributed by atoms with Crippen LogP contribution in [0.4, 0.5) is 0 Å². The van der Waals surface area contributed by atoms with Crippen LogP contribution in [0.3, 0.4) is 0 Å². The molecule has 0 aromatic heterocycles. The van der Waals surface area contributed by atoms with Crippen molar-refractivity contribution in [2.45, 2.75) is 26.1 Å². The Labute approximate surface area is 154 Å². The molecule has 2 aromatic rings. The van der Waals surface area contributed by atoms with Crippen LogP contribution < -0.4 is 10.5 Å². The lowest BCUT2D eigenvalue weighted by Crippen LogP contribution is -2.38. The molecule has 5 heteroatoms. The summed E-state index contributed by atoms with van der Waals surface area (Å²) in [7, 11) is 0. The largest absolute Gasteiger partial charge is 0.488 e. The Morgan fingerprint density at radius 3 is 2.81 bits per heavy atom. The third kappa shape index (κ3) is 4.62. The maximum atomic E-state index is 11.9. The van der Waals surface area contributed by atoms with Gasteiger partial charge in [-0.05, 0) is 36.2 Å². The zero-order valence-electron chi connectivity index (χ0n) is 15.2. The van der Waals surface area contributed by atoms with E-state index >= 15 is 0 Å². The Morgan fingerprint density at radius 2 is 2.08 bits per heavy atom. The first kappa shape index (κ1) is 18.4. The number of morpholine rings is 1. The fraction of sp³-hybridized carbons (Fsp3) is 0.381. The van der Waals surface area contributed by atoms with Crippen molar-refractivity contribution in [2.75, 3.05) is 26.2 Å². The Balaban J connectivity index is 1.75. The Bertz CT molecular complexity index is 731. The van der Waals surface area contributed by atoms with Crippen LogP contribution >= 0.6 is 0 Å². The van der Waals surface area contributed by atoms with E-state index in [0.29, 0.717) is 24.5 Å². The van der Waals surface area contributed by atoms with Crippen molar-refractivity contribution in [3.05, 3.63) is 65.2 Å². The second-order valence-electron chi connectivity index (χ2n) is 6.55. The summed E-state index contributed by atoms with van der Waals surface area (Å²) in [4.78, 5) is 14.3. The van der Waals surface area contributed by atoms with E-state index in [-0.39, 0.29) is 6.10 Å². The number of primary amides is 1. The molecule has 5 nitrogen and oxygen atoms in total. The predicted octanol–water partition coefficient (Wildman–Crippen LogP) is 3.15. The quantitative estimate of drug-likeness (QED) is 0.830. The van der Waals surface area contributed by atoms with Crippen LogP contribution in [0.1, 0.15) is 40.9 Å². The molecular formula is C21H26N2O3. The van der Waals surface area contributed by atoms with E-state index in [1.165, 1.54) is 0 Å². The van der Waals surface area contributed by atoms with Gasteiger partial charge in [0.05, 0.1) is 18.3 Å². The first-order valence-corrected chi connectivity index (χ1v) is 9.11. The van der Waals surface area contributed by atoms with Gasteiger partial charge in [0.2, 0.25) is 0 Å². The molecule has 1 aliphatic heterocycles. The highest BCUT2D eigenvalue weighted by atomic mass is 16.5. The molecule has 138 valence electrons. The molecular weight excluding hydrogens is 328 g/mol. The predicted molar refractivity (Wildman–Crippen MR) is 101 cm³/mol. The van der Waals surface area contributed by atoms with Gasteiger partial charge in [-0.3, -0.25) is 9.69 Å². The van der Waals surface area contributed by atoms with E-state index in [4.69, 9.17) is 15.2 Å². The van der Waals surface area contributed by atoms with E-state index in [1.807, 2.05) is 48.5 Å². The molecule has 0 bridgehead atoms. The van der Waals surface area contributed by atoms with Gasteiger partial charge in [-0.25, -0.2) is 0 Å². The van der Waals surface area contributed by atoms with Gasteiger partial charge in [-0.1, -0.05) is 43.3 Å². The molecule has 3 rings (SSSR count). The van der Waals surface area contributed by atoms with Crippen molar-refractivity contribution in [1.29, 1.82) is 0 Å². The van der Waals surface area contributed by atoms with Crippen molar-refractivity contribution < 1.29 is 14.3 Å². The zero-order chi connectivity index (χ0) is 18.4. The molecule has 1 amide bonds. The molecule has 2 N–H and O–H groups in total. The number of hydrogen-bond donors (Lipinski definition) is 1. The molecule has 1 fully saturated rings. The van der Waals surface area contributed by atoms with Crippen LogP contribution in [0.15, 0.2) is 48.5 Å².